The molecule has 0 radical (unpaired) electrons. The zero-order chi connectivity index (χ0) is 23.0. The van der Waals surface area contributed by atoms with Gasteiger partial charge in [-0.15, -0.1) is 0 Å². The van der Waals surface area contributed by atoms with Crippen LogP contribution in [0.2, 0.25) is 0 Å². The molecule has 0 spiro atoms. The minimum absolute atomic E-state index is 0.282. The fraction of sp³-hybridized carbons (Fsp3) is 0.778. The van der Waals surface area contributed by atoms with Crippen LogP contribution in [0.3, 0.4) is 0 Å². The summed E-state index contributed by atoms with van der Waals surface area (Å²) < 4.78 is 0. The van der Waals surface area contributed by atoms with Gasteiger partial charge < -0.3 is 20.4 Å². The van der Waals surface area contributed by atoms with E-state index in [1.54, 1.807) is 13.8 Å². The van der Waals surface area contributed by atoms with Crippen LogP contribution in [-0.2, 0) is 0 Å². The van der Waals surface area contributed by atoms with Crippen molar-refractivity contribution in [2.24, 2.45) is 23.2 Å². The second-order valence-electron chi connectivity index (χ2n) is 11.4. The average molecular weight is 433 g/mol. The molecule has 4 nitrogen and oxygen atoms in total. The molecule has 0 aliphatic heterocycles. The van der Waals surface area contributed by atoms with Gasteiger partial charge in [0.05, 0.1) is 23.9 Å². The molecule has 3 aliphatic carbocycles. The Morgan fingerprint density at radius 1 is 1.19 bits per heavy atom. The molecule has 176 valence electrons. The first-order valence-corrected chi connectivity index (χ1v) is 12.3. The normalized spacial score (nSPS) is 39.0. The molecule has 7 atom stereocenters. The first-order valence-electron chi connectivity index (χ1n) is 12.3. The van der Waals surface area contributed by atoms with Crippen LogP contribution in [0.25, 0.3) is 0 Å². The number of aliphatic hydroxyl groups is 4. The highest BCUT2D eigenvalue weighted by Crippen LogP contribution is 2.60. The largest absolute Gasteiger partial charge is 0.393 e. The Balaban J connectivity index is 1.71. The van der Waals surface area contributed by atoms with E-state index in [0.29, 0.717) is 37.0 Å². The molecular formula is C27H44O4. The lowest BCUT2D eigenvalue weighted by atomic mass is 9.60. The minimum atomic E-state index is -1.04. The van der Waals surface area contributed by atoms with Gasteiger partial charge in [-0.2, -0.15) is 0 Å². The van der Waals surface area contributed by atoms with Gasteiger partial charge in [-0.25, -0.2) is 0 Å². The second-order valence-corrected chi connectivity index (χ2v) is 11.4. The molecule has 4 heteroatoms. The van der Waals surface area contributed by atoms with E-state index in [1.165, 1.54) is 31.3 Å². The minimum Gasteiger partial charge on any atom is -0.393 e. The zero-order valence-electron chi connectivity index (χ0n) is 20.0. The van der Waals surface area contributed by atoms with E-state index in [1.807, 2.05) is 0 Å². The van der Waals surface area contributed by atoms with Crippen molar-refractivity contribution < 1.29 is 20.4 Å². The van der Waals surface area contributed by atoms with E-state index >= 15 is 0 Å². The van der Waals surface area contributed by atoms with E-state index in [9.17, 15) is 20.4 Å². The Bertz CT molecular complexity index is 715. The molecule has 0 aromatic heterocycles. The molecule has 3 aliphatic rings. The van der Waals surface area contributed by atoms with Gasteiger partial charge in [0.15, 0.2) is 0 Å². The Hall–Kier alpha value is -0.940. The van der Waals surface area contributed by atoms with Crippen LogP contribution in [-0.4, -0.2) is 44.3 Å². The molecule has 0 heterocycles. The fourth-order valence-corrected chi connectivity index (χ4v) is 6.65. The van der Waals surface area contributed by atoms with Crippen LogP contribution < -0.4 is 0 Å². The fourth-order valence-electron chi connectivity index (χ4n) is 6.65. The smallest absolute Gasteiger partial charge is 0.0849 e. The van der Waals surface area contributed by atoms with Crippen molar-refractivity contribution in [3.63, 3.8) is 0 Å². The monoisotopic (exact) mass is 432 g/mol. The first kappa shape index (κ1) is 24.7. The summed E-state index contributed by atoms with van der Waals surface area (Å²) in [6.45, 7) is 12.2. The number of allylic oxidation sites excluding steroid dienone is 3. The number of fused-ring (bicyclic) bond motifs is 1. The first-order chi connectivity index (χ1) is 14.4. The van der Waals surface area contributed by atoms with Crippen molar-refractivity contribution in [2.75, 3.05) is 0 Å². The summed E-state index contributed by atoms with van der Waals surface area (Å²) >= 11 is 0. The van der Waals surface area contributed by atoms with E-state index in [2.05, 4.69) is 32.6 Å². The van der Waals surface area contributed by atoms with Crippen LogP contribution in [0.5, 0.6) is 0 Å². The van der Waals surface area contributed by atoms with E-state index in [-0.39, 0.29) is 5.41 Å². The number of rotatable bonds is 6. The molecule has 0 aromatic rings. The van der Waals surface area contributed by atoms with Gasteiger partial charge in [-0.1, -0.05) is 38.2 Å². The topological polar surface area (TPSA) is 80.9 Å². The van der Waals surface area contributed by atoms with E-state index < -0.39 is 23.9 Å². The van der Waals surface area contributed by atoms with Gasteiger partial charge >= 0.3 is 0 Å². The van der Waals surface area contributed by atoms with Crippen LogP contribution in [0.4, 0.5) is 0 Å². The summed E-state index contributed by atoms with van der Waals surface area (Å²) in [7, 11) is 0. The van der Waals surface area contributed by atoms with Gasteiger partial charge in [0.2, 0.25) is 0 Å². The summed E-state index contributed by atoms with van der Waals surface area (Å²) in [5, 5.41) is 40.5. The van der Waals surface area contributed by atoms with Crippen molar-refractivity contribution in [2.45, 2.75) is 109 Å². The lowest BCUT2D eigenvalue weighted by Gasteiger charge is -2.44. The van der Waals surface area contributed by atoms with Gasteiger partial charge in [0, 0.05) is 6.42 Å². The second kappa shape index (κ2) is 9.51. The number of aliphatic hydroxyl groups excluding tert-OH is 3. The number of hydrogen-bond donors (Lipinski definition) is 4. The van der Waals surface area contributed by atoms with Crippen LogP contribution in [0, 0.1) is 23.2 Å². The molecule has 31 heavy (non-hydrogen) atoms. The Kier molecular flexibility index (Phi) is 7.57. The van der Waals surface area contributed by atoms with Crippen molar-refractivity contribution in [1.29, 1.82) is 0 Å². The quantitative estimate of drug-likeness (QED) is 0.491. The molecule has 3 fully saturated rings. The van der Waals surface area contributed by atoms with Crippen molar-refractivity contribution in [3.8, 4) is 0 Å². The molecule has 0 unspecified atom stereocenters. The third-order valence-corrected chi connectivity index (χ3v) is 8.70. The molecule has 4 N–H and O–H groups in total. The number of hydrogen-bond acceptors (Lipinski definition) is 4. The maximum absolute atomic E-state index is 10.3. The van der Waals surface area contributed by atoms with Gasteiger partial charge in [-0.3, -0.25) is 0 Å². The summed E-state index contributed by atoms with van der Waals surface area (Å²) in [5.74, 6) is 1.74. The van der Waals surface area contributed by atoms with Crippen LogP contribution in [0.1, 0.15) is 85.5 Å². The Morgan fingerprint density at radius 3 is 2.58 bits per heavy atom. The van der Waals surface area contributed by atoms with Crippen LogP contribution >= 0.6 is 0 Å². The predicted octanol–water partition coefficient (Wildman–Crippen LogP) is 4.68. The predicted molar refractivity (Wildman–Crippen MR) is 125 cm³/mol. The van der Waals surface area contributed by atoms with Gasteiger partial charge in [0.25, 0.3) is 0 Å². The molecule has 3 rings (SSSR count). The highest BCUT2D eigenvalue weighted by molar-refractivity contribution is 5.38. The maximum atomic E-state index is 10.3. The van der Waals surface area contributed by atoms with Gasteiger partial charge in [0.1, 0.15) is 0 Å². The summed E-state index contributed by atoms with van der Waals surface area (Å²) in [5.41, 5.74) is 2.48. The summed E-state index contributed by atoms with van der Waals surface area (Å²) in [6, 6.07) is 0. The third kappa shape index (κ3) is 5.35. The highest BCUT2D eigenvalue weighted by atomic mass is 16.3. The zero-order valence-corrected chi connectivity index (χ0v) is 20.0. The molecular weight excluding hydrogens is 388 g/mol. The summed E-state index contributed by atoms with van der Waals surface area (Å²) in [4.78, 5) is 0. The molecule has 0 saturated heterocycles. The third-order valence-electron chi connectivity index (χ3n) is 8.70. The molecule has 0 bridgehead atoms. The standard InChI is InChI=1S/C27H44O4/c1-17(8-13-25(30)26(3,4)31)22-11-12-23-19(7-6-14-27(22,23)5)9-10-20-15-21(28)16-24(29)18(20)2/h9-10,17,21-25,28-31H,2,6-8,11-16H2,1,3-5H3/b19-9+,20-10-/t17-,21+,22-,23+,24+,25-,27-/m1/s1. The van der Waals surface area contributed by atoms with Crippen molar-refractivity contribution in [3.05, 3.63) is 35.5 Å². The summed E-state index contributed by atoms with van der Waals surface area (Å²) in [6.07, 6.45) is 11.1. The van der Waals surface area contributed by atoms with Crippen molar-refractivity contribution >= 4 is 0 Å². The van der Waals surface area contributed by atoms with E-state index in [0.717, 1.165) is 24.0 Å². The Labute approximate surface area is 188 Å². The van der Waals surface area contributed by atoms with Crippen LogP contribution in [0.15, 0.2) is 35.5 Å². The Morgan fingerprint density at radius 2 is 1.90 bits per heavy atom. The van der Waals surface area contributed by atoms with Crippen molar-refractivity contribution in [1.82, 2.24) is 0 Å². The van der Waals surface area contributed by atoms with E-state index in [4.69, 9.17) is 0 Å². The van der Waals surface area contributed by atoms with Gasteiger partial charge in [-0.05, 0) is 99.5 Å². The lowest BCUT2D eigenvalue weighted by Crippen LogP contribution is -2.38. The molecule has 0 aromatic carbocycles. The molecule has 3 saturated carbocycles. The SMILES string of the molecule is C=C1/C(=C\C=C2/CCC[C@]3(C)[C@@H]([C@H](C)CC[C@@H](O)C(C)(C)O)CC[C@@H]23)C[C@H](O)C[C@@H]1O. The molecule has 0 amide bonds. The average Bonchev–Trinajstić information content (AvgIpc) is 3.04. The maximum Gasteiger partial charge on any atom is 0.0849 e. The highest BCUT2D eigenvalue weighted by Gasteiger charge is 2.50. The lowest BCUT2D eigenvalue weighted by molar-refractivity contribution is -0.0554.